The number of hydrogen-bond donors (Lipinski definition) is 1. The van der Waals surface area contributed by atoms with Gasteiger partial charge in [-0.05, 0) is 56.4 Å². The number of aryl methyl sites for hydroxylation is 1. The molecular weight excluding hydrogens is 352 g/mol. The van der Waals surface area contributed by atoms with Gasteiger partial charge in [-0.2, -0.15) is 0 Å². The van der Waals surface area contributed by atoms with Crippen molar-refractivity contribution in [3.63, 3.8) is 0 Å². The minimum Gasteiger partial charge on any atom is -0.487 e. The Balaban J connectivity index is 1.73. The van der Waals surface area contributed by atoms with Gasteiger partial charge < -0.3 is 9.47 Å². The first kappa shape index (κ1) is 21.4. The third-order valence-electron chi connectivity index (χ3n) is 4.97. The van der Waals surface area contributed by atoms with Crippen molar-refractivity contribution < 1.29 is 24.1 Å². The highest BCUT2D eigenvalue weighted by Crippen LogP contribution is 2.38. The van der Waals surface area contributed by atoms with Crippen LogP contribution in [0.1, 0.15) is 77.2 Å². The van der Waals surface area contributed by atoms with E-state index < -0.39 is 0 Å². The molecule has 0 amide bonds. The Morgan fingerprint density at radius 3 is 2.69 bits per heavy atom. The summed E-state index contributed by atoms with van der Waals surface area (Å²) >= 11 is 0.877. The molecule has 0 saturated carbocycles. The van der Waals surface area contributed by atoms with Gasteiger partial charge in [0.1, 0.15) is 17.1 Å². The Labute approximate surface area is 161 Å². The number of rotatable bonds is 13. The van der Waals surface area contributed by atoms with E-state index in [1.165, 1.54) is 50.5 Å². The minimum atomic E-state index is -0.0546. The van der Waals surface area contributed by atoms with E-state index in [1.54, 1.807) is 0 Å². The molecule has 0 fully saturated rings. The summed E-state index contributed by atoms with van der Waals surface area (Å²) in [6.45, 7) is 4.49. The predicted molar refractivity (Wildman–Crippen MR) is 104 cm³/mol. The van der Waals surface area contributed by atoms with Crippen LogP contribution in [0.2, 0.25) is 0 Å². The molecule has 1 heterocycles. The summed E-state index contributed by atoms with van der Waals surface area (Å²) < 4.78 is 16.2. The lowest BCUT2D eigenvalue weighted by Crippen LogP contribution is -2.36. The van der Waals surface area contributed by atoms with E-state index in [0.29, 0.717) is 0 Å². The topological polar surface area (TPSA) is 57.2 Å². The molecule has 1 aliphatic heterocycles. The Hall–Kier alpha value is -0.950. The van der Waals surface area contributed by atoms with Crippen molar-refractivity contribution in [2.24, 2.45) is 0 Å². The summed E-state index contributed by atoms with van der Waals surface area (Å²) in [6, 6.07) is 5.91. The zero-order valence-corrected chi connectivity index (χ0v) is 16.8. The first-order chi connectivity index (χ1) is 12.7. The lowest BCUT2D eigenvalue weighted by Gasteiger charge is -2.36. The van der Waals surface area contributed by atoms with Crippen LogP contribution in [0.4, 0.5) is 0 Å². The number of benzene rings is 1. The highest BCUT2D eigenvalue weighted by molar-refractivity contribution is 7.94. The molecule has 0 spiro atoms. The van der Waals surface area contributed by atoms with Crippen LogP contribution in [0.5, 0.6) is 11.5 Å². The highest BCUT2D eigenvalue weighted by atomic mass is 32.2. The van der Waals surface area contributed by atoms with Gasteiger partial charge >= 0.3 is 0 Å². The quantitative estimate of drug-likeness (QED) is 0.141. The Morgan fingerprint density at radius 1 is 1.15 bits per heavy atom. The molecule has 5 nitrogen and oxygen atoms in total. The Bertz CT molecular complexity index is 525. The molecule has 0 saturated heterocycles. The van der Waals surface area contributed by atoms with Crippen molar-refractivity contribution in [1.29, 1.82) is 0 Å². The standard InChI is InChI=1S/C20H32O5S/c1-3-4-5-6-7-8-9-13-20(2)14-12-17-15-18(10-11-19(17)23-20)22-16-26-25-24-21/h10-11,15,21H,3-9,12-14,16H2,1-2H3. The van der Waals surface area contributed by atoms with E-state index in [4.69, 9.17) is 14.7 Å². The number of hydrogen-bond acceptors (Lipinski definition) is 6. The van der Waals surface area contributed by atoms with Crippen LogP contribution in [0.25, 0.3) is 0 Å². The van der Waals surface area contributed by atoms with Crippen molar-refractivity contribution in [2.45, 2.75) is 83.7 Å². The van der Waals surface area contributed by atoms with Crippen molar-refractivity contribution >= 4 is 12.0 Å². The molecule has 1 unspecified atom stereocenters. The van der Waals surface area contributed by atoms with Crippen molar-refractivity contribution in [3.8, 4) is 11.5 Å². The van der Waals surface area contributed by atoms with Gasteiger partial charge in [0.15, 0.2) is 5.94 Å². The van der Waals surface area contributed by atoms with Gasteiger partial charge in [0.2, 0.25) is 0 Å². The molecule has 2 rings (SSSR count). The first-order valence-electron chi connectivity index (χ1n) is 9.71. The lowest BCUT2D eigenvalue weighted by atomic mass is 9.88. The van der Waals surface area contributed by atoms with E-state index in [0.717, 1.165) is 42.8 Å². The van der Waals surface area contributed by atoms with E-state index in [2.05, 4.69) is 23.2 Å². The molecule has 1 aromatic rings. The number of fused-ring (bicyclic) bond motifs is 1. The zero-order chi connectivity index (χ0) is 18.7. The van der Waals surface area contributed by atoms with E-state index in [9.17, 15) is 0 Å². The Morgan fingerprint density at radius 2 is 1.92 bits per heavy atom. The maximum Gasteiger partial charge on any atom is 0.162 e. The number of unbranched alkanes of at least 4 members (excludes halogenated alkanes) is 6. The van der Waals surface area contributed by atoms with Gasteiger partial charge in [-0.3, -0.25) is 0 Å². The van der Waals surface area contributed by atoms with Crippen LogP contribution >= 0.6 is 12.0 Å². The number of ether oxygens (including phenoxy) is 2. The maximum absolute atomic E-state index is 8.08. The zero-order valence-electron chi connectivity index (χ0n) is 16.0. The van der Waals surface area contributed by atoms with Crippen LogP contribution in [0.15, 0.2) is 18.2 Å². The van der Waals surface area contributed by atoms with Crippen molar-refractivity contribution in [1.82, 2.24) is 0 Å². The van der Waals surface area contributed by atoms with Crippen molar-refractivity contribution in [2.75, 3.05) is 5.94 Å². The second-order valence-electron chi connectivity index (χ2n) is 7.22. The lowest BCUT2D eigenvalue weighted by molar-refractivity contribution is -0.432. The van der Waals surface area contributed by atoms with E-state index in [1.807, 2.05) is 18.2 Å². The van der Waals surface area contributed by atoms with Gasteiger partial charge in [0, 0.05) is 0 Å². The normalized spacial score (nSPS) is 19.0. The highest BCUT2D eigenvalue weighted by Gasteiger charge is 2.31. The molecule has 6 heteroatoms. The molecule has 1 N–H and O–H groups in total. The van der Waals surface area contributed by atoms with Gasteiger partial charge in [-0.15, -0.1) is 4.33 Å². The van der Waals surface area contributed by atoms with Crippen LogP contribution in [-0.2, 0) is 15.8 Å². The first-order valence-corrected chi connectivity index (χ1v) is 10.6. The summed E-state index contributed by atoms with van der Waals surface area (Å²) in [5.74, 6) is 1.96. The SMILES string of the molecule is CCCCCCCCCC1(C)CCc2cc(OCSOOO)ccc2O1. The van der Waals surface area contributed by atoms with E-state index in [-0.39, 0.29) is 11.5 Å². The molecule has 0 radical (unpaired) electrons. The summed E-state index contributed by atoms with van der Waals surface area (Å²) in [4.78, 5) is 0. The molecule has 1 aliphatic rings. The van der Waals surface area contributed by atoms with Gasteiger partial charge in [0.05, 0.1) is 12.0 Å². The molecule has 0 aliphatic carbocycles. The van der Waals surface area contributed by atoms with Crippen molar-refractivity contribution in [3.05, 3.63) is 23.8 Å². The fourth-order valence-corrected chi connectivity index (χ4v) is 3.69. The monoisotopic (exact) mass is 384 g/mol. The van der Waals surface area contributed by atoms with Crippen LogP contribution in [-0.4, -0.2) is 16.8 Å². The molecule has 26 heavy (non-hydrogen) atoms. The average Bonchev–Trinajstić information content (AvgIpc) is 2.64. The summed E-state index contributed by atoms with van der Waals surface area (Å²) in [5.41, 5.74) is 1.13. The molecule has 1 atom stereocenters. The second-order valence-corrected chi connectivity index (χ2v) is 7.82. The second kappa shape index (κ2) is 11.7. The minimum absolute atomic E-state index is 0.0546. The molecular formula is C20H32O5S. The van der Waals surface area contributed by atoms with Gasteiger partial charge in [-0.25, -0.2) is 5.26 Å². The predicted octanol–water partition coefficient (Wildman–Crippen LogP) is 6.32. The fraction of sp³-hybridized carbons (Fsp3) is 0.700. The van der Waals surface area contributed by atoms with Crippen LogP contribution in [0, 0.1) is 0 Å². The summed E-state index contributed by atoms with van der Waals surface area (Å²) in [5, 5.41) is 11.6. The third kappa shape index (κ3) is 7.35. The molecule has 148 valence electrons. The Kier molecular flexibility index (Phi) is 9.61. The summed E-state index contributed by atoms with van der Waals surface area (Å²) in [6.07, 6.45) is 12.5. The smallest absolute Gasteiger partial charge is 0.162 e. The van der Waals surface area contributed by atoms with E-state index >= 15 is 0 Å². The molecule has 0 bridgehead atoms. The average molecular weight is 385 g/mol. The maximum atomic E-state index is 8.08. The fourth-order valence-electron chi connectivity index (χ4n) is 3.42. The third-order valence-corrected chi connectivity index (χ3v) is 5.34. The molecule has 0 aromatic heterocycles. The van der Waals surface area contributed by atoms with Gasteiger partial charge in [0.25, 0.3) is 0 Å². The van der Waals surface area contributed by atoms with Crippen LogP contribution < -0.4 is 9.47 Å². The van der Waals surface area contributed by atoms with Gasteiger partial charge in [-0.1, -0.05) is 50.5 Å². The van der Waals surface area contributed by atoms with Crippen LogP contribution in [0.3, 0.4) is 0 Å². The summed E-state index contributed by atoms with van der Waals surface area (Å²) in [7, 11) is 0. The largest absolute Gasteiger partial charge is 0.487 e. The molecule has 1 aromatic carbocycles.